The number of halogens is 1. The van der Waals surface area contributed by atoms with Crippen molar-refractivity contribution in [1.82, 2.24) is 5.32 Å². The normalized spacial score (nSPS) is 11.0. The Morgan fingerprint density at radius 1 is 0.967 bits per heavy atom. The van der Waals surface area contributed by atoms with Crippen molar-refractivity contribution in [1.29, 1.82) is 0 Å². The summed E-state index contributed by atoms with van der Waals surface area (Å²) in [6.45, 7) is 0.359. The van der Waals surface area contributed by atoms with Gasteiger partial charge in [-0.15, -0.1) is 0 Å². The average molecular weight is 402 g/mol. The fraction of sp³-hybridized carbons (Fsp3) is 0.160. The Morgan fingerprint density at radius 3 is 2.60 bits per heavy atom. The first-order chi connectivity index (χ1) is 14.7. The van der Waals surface area contributed by atoms with E-state index < -0.39 is 6.67 Å². The SMILES string of the molecule is NCCNC(=O)c1cccc(-c2cccc3oc(Cc4cccc(CF)c4)cc23)c1. The number of carbonyl (C=O) groups excluding carboxylic acids is 1. The summed E-state index contributed by atoms with van der Waals surface area (Å²) in [4.78, 5) is 12.3. The second-order valence-corrected chi connectivity index (χ2v) is 7.19. The lowest BCUT2D eigenvalue weighted by molar-refractivity contribution is 0.0955. The number of rotatable bonds is 7. The van der Waals surface area contributed by atoms with Crippen molar-refractivity contribution >= 4 is 16.9 Å². The van der Waals surface area contributed by atoms with Crippen molar-refractivity contribution in [3.05, 3.63) is 95.2 Å². The molecule has 30 heavy (non-hydrogen) atoms. The smallest absolute Gasteiger partial charge is 0.251 e. The van der Waals surface area contributed by atoms with Crippen LogP contribution in [0.5, 0.6) is 0 Å². The van der Waals surface area contributed by atoms with Crippen LogP contribution in [0.25, 0.3) is 22.1 Å². The number of benzene rings is 3. The predicted molar refractivity (Wildman–Crippen MR) is 117 cm³/mol. The molecule has 0 aliphatic carbocycles. The first kappa shape index (κ1) is 19.9. The van der Waals surface area contributed by atoms with Crippen LogP contribution in [-0.2, 0) is 13.1 Å². The van der Waals surface area contributed by atoms with Gasteiger partial charge >= 0.3 is 0 Å². The average Bonchev–Trinajstić information content (AvgIpc) is 3.20. The van der Waals surface area contributed by atoms with Crippen LogP contribution < -0.4 is 11.1 Å². The number of fused-ring (bicyclic) bond motifs is 1. The molecule has 0 unspecified atom stereocenters. The highest BCUT2D eigenvalue weighted by Crippen LogP contribution is 2.32. The molecule has 0 saturated carbocycles. The van der Waals surface area contributed by atoms with Crippen LogP contribution in [-0.4, -0.2) is 19.0 Å². The predicted octanol–water partition coefficient (Wildman–Crippen LogP) is 4.85. The molecule has 0 aliphatic heterocycles. The highest BCUT2D eigenvalue weighted by atomic mass is 19.1. The number of carbonyl (C=O) groups is 1. The zero-order valence-corrected chi connectivity index (χ0v) is 16.5. The van der Waals surface area contributed by atoms with Crippen LogP contribution in [0, 0.1) is 0 Å². The van der Waals surface area contributed by atoms with Crippen molar-refractivity contribution in [3.8, 4) is 11.1 Å². The van der Waals surface area contributed by atoms with Gasteiger partial charge in [-0.25, -0.2) is 4.39 Å². The van der Waals surface area contributed by atoms with Crippen LogP contribution in [0.1, 0.15) is 27.2 Å². The lowest BCUT2D eigenvalue weighted by Crippen LogP contribution is -2.28. The molecule has 4 aromatic rings. The lowest BCUT2D eigenvalue weighted by Gasteiger charge is -2.07. The highest BCUT2D eigenvalue weighted by Gasteiger charge is 2.12. The zero-order chi connectivity index (χ0) is 20.9. The molecule has 0 atom stereocenters. The van der Waals surface area contributed by atoms with Crippen LogP contribution in [0.15, 0.2) is 77.2 Å². The molecule has 3 aromatic carbocycles. The Kier molecular flexibility index (Phi) is 5.91. The maximum absolute atomic E-state index is 13.0. The van der Waals surface area contributed by atoms with E-state index in [9.17, 15) is 9.18 Å². The molecule has 5 heteroatoms. The molecule has 4 rings (SSSR count). The maximum atomic E-state index is 13.0. The molecule has 0 fully saturated rings. The van der Waals surface area contributed by atoms with Crippen molar-refractivity contribution < 1.29 is 13.6 Å². The van der Waals surface area contributed by atoms with Gasteiger partial charge < -0.3 is 15.5 Å². The molecule has 4 nitrogen and oxygen atoms in total. The topological polar surface area (TPSA) is 68.3 Å². The third-order valence-electron chi connectivity index (χ3n) is 5.00. The third kappa shape index (κ3) is 4.26. The van der Waals surface area contributed by atoms with E-state index in [-0.39, 0.29) is 5.91 Å². The Morgan fingerprint density at radius 2 is 1.77 bits per heavy atom. The molecule has 1 amide bonds. The molecule has 1 heterocycles. The summed E-state index contributed by atoms with van der Waals surface area (Å²) in [5.74, 6) is 0.667. The first-order valence-corrected chi connectivity index (χ1v) is 9.92. The van der Waals surface area contributed by atoms with Gasteiger partial charge in [0.05, 0.1) is 0 Å². The Bertz CT molecular complexity index is 1180. The highest BCUT2D eigenvalue weighted by molar-refractivity contribution is 5.98. The molecule has 0 saturated heterocycles. The summed E-state index contributed by atoms with van der Waals surface area (Å²) in [5.41, 5.74) is 10.4. The second kappa shape index (κ2) is 8.93. The number of nitrogens with two attached hydrogens (primary N) is 1. The summed E-state index contributed by atoms with van der Waals surface area (Å²) >= 11 is 0. The molecular weight excluding hydrogens is 379 g/mol. The third-order valence-corrected chi connectivity index (χ3v) is 5.00. The number of furan rings is 1. The van der Waals surface area contributed by atoms with Crippen LogP contribution >= 0.6 is 0 Å². The molecule has 0 spiro atoms. The standard InChI is InChI=1S/C25H23FN2O2/c26-16-18-5-1-4-17(12-18)13-21-15-23-22(8-3-9-24(23)30-21)19-6-2-7-20(14-19)25(29)28-11-10-27/h1-9,12,14-15H,10-11,13,16,27H2,(H,28,29). The molecular formula is C25H23FN2O2. The number of amides is 1. The van der Waals surface area contributed by atoms with Gasteiger partial charge in [0.15, 0.2) is 0 Å². The van der Waals surface area contributed by atoms with Crippen LogP contribution in [0.3, 0.4) is 0 Å². The van der Waals surface area contributed by atoms with Crippen LogP contribution in [0.2, 0.25) is 0 Å². The van der Waals surface area contributed by atoms with Gasteiger partial charge in [-0.3, -0.25) is 4.79 Å². The summed E-state index contributed by atoms with van der Waals surface area (Å²) < 4.78 is 19.0. The van der Waals surface area contributed by atoms with Gasteiger partial charge in [0.2, 0.25) is 0 Å². The molecule has 0 radical (unpaired) electrons. The maximum Gasteiger partial charge on any atom is 0.251 e. The first-order valence-electron chi connectivity index (χ1n) is 9.92. The van der Waals surface area contributed by atoms with Crippen molar-refractivity contribution in [3.63, 3.8) is 0 Å². The molecule has 0 bridgehead atoms. The van der Waals surface area contributed by atoms with E-state index in [4.69, 9.17) is 10.2 Å². The van der Waals surface area contributed by atoms with Gasteiger partial charge in [-0.1, -0.05) is 48.5 Å². The lowest BCUT2D eigenvalue weighted by atomic mass is 9.99. The van der Waals surface area contributed by atoms with E-state index in [1.54, 1.807) is 12.1 Å². The molecule has 152 valence electrons. The minimum absolute atomic E-state index is 0.143. The Balaban J connectivity index is 1.66. The Labute approximate surface area is 174 Å². The summed E-state index contributed by atoms with van der Waals surface area (Å²) in [6, 6.07) is 22.9. The summed E-state index contributed by atoms with van der Waals surface area (Å²) in [7, 11) is 0. The van der Waals surface area contributed by atoms with Gasteiger partial charge in [0.25, 0.3) is 5.91 Å². The minimum atomic E-state index is -0.479. The van der Waals surface area contributed by atoms with E-state index in [1.807, 2.05) is 60.7 Å². The number of nitrogens with one attached hydrogen (secondary N) is 1. The number of alkyl halides is 1. The second-order valence-electron chi connectivity index (χ2n) is 7.19. The van der Waals surface area contributed by atoms with Gasteiger partial charge in [-0.2, -0.15) is 0 Å². The summed E-state index contributed by atoms with van der Waals surface area (Å²) in [5, 5.41) is 3.78. The van der Waals surface area contributed by atoms with E-state index in [0.29, 0.717) is 30.6 Å². The molecule has 3 N–H and O–H groups in total. The van der Waals surface area contributed by atoms with Gasteiger partial charge in [0.1, 0.15) is 18.0 Å². The largest absolute Gasteiger partial charge is 0.461 e. The summed E-state index contributed by atoms with van der Waals surface area (Å²) in [6.07, 6.45) is 0.587. The molecule has 0 aliphatic rings. The van der Waals surface area contributed by atoms with Gasteiger partial charge in [-0.05, 0) is 46.5 Å². The Hall–Kier alpha value is -3.44. The van der Waals surface area contributed by atoms with E-state index in [2.05, 4.69) is 5.32 Å². The van der Waals surface area contributed by atoms with Crippen molar-refractivity contribution in [2.75, 3.05) is 13.1 Å². The minimum Gasteiger partial charge on any atom is -0.461 e. The number of hydrogen-bond acceptors (Lipinski definition) is 3. The van der Waals surface area contributed by atoms with E-state index >= 15 is 0 Å². The fourth-order valence-electron chi connectivity index (χ4n) is 3.59. The van der Waals surface area contributed by atoms with Gasteiger partial charge in [0, 0.05) is 30.5 Å². The van der Waals surface area contributed by atoms with Crippen molar-refractivity contribution in [2.24, 2.45) is 5.73 Å². The van der Waals surface area contributed by atoms with Crippen molar-refractivity contribution in [2.45, 2.75) is 13.1 Å². The number of hydrogen-bond donors (Lipinski definition) is 2. The van der Waals surface area contributed by atoms with E-state index in [1.165, 1.54) is 0 Å². The quantitative estimate of drug-likeness (QED) is 0.464. The van der Waals surface area contributed by atoms with E-state index in [0.717, 1.165) is 33.4 Å². The van der Waals surface area contributed by atoms with Crippen LogP contribution in [0.4, 0.5) is 4.39 Å². The molecule has 1 aromatic heterocycles. The fourth-order valence-corrected chi connectivity index (χ4v) is 3.59. The zero-order valence-electron chi connectivity index (χ0n) is 16.5. The monoisotopic (exact) mass is 402 g/mol.